The first-order chi connectivity index (χ1) is 26.2. The van der Waals surface area contributed by atoms with Crippen molar-refractivity contribution in [2.75, 3.05) is 6.61 Å². The minimum Gasteiger partial charge on any atom is -0.394 e. The summed E-state index contributed by atoms with van der Waals surface area (Å²) < 4.78 is 0. The quantitative estimate of drug-likeness (QED) is 0.0430. The molecular weight excluding hydrogens is 651 g/mol. The molecular formula is C49H93NO3. The molecule has 0 saturated carbocycles. The van der Waals surface area contributed by atoms with Crippen molar-refractivity contribution in [2.24, 2.45) is 0 Å². The number of nitrogens with one attached hydrogen (secondary N) is 1. The Bertz CT molecular complexity index is 806. The van der Waals surface area contributed by atoms with Crippen LogP contribution in [0.2, 0.25) is 0 Å². The van der Waals surface area contributed by atoms with Gasteiger partial charge >= 0.3 is 0 Å². The van der Waals surface area contributed by atoms with Crippen LogP contribution in [0.3, 0.4) is 0 Å². The first kappa shape index (κ1) is 51.6. The van der Waals surface area contributed by atoms with Gasteiger partial charge in [-0.15, -0.1) is 0 Å². The van der Waals surface area contributed by atoms with E-state index in [-0.39, 0.29) is 12.5 Å². The number of amides is 1. The highest BCUT2D eigenvalue weighted by atomic mass is 16.3. The smallest absolute Gasteiger partial charge is 0.220 e. The molecule has 0 aliphatic heterocycles. The number of hydrogen-bond acceptors (Lipinski definition) is 3. The minimum absolute atomic E-state index is 0.0345. The summed E-state index contributed by atoms with van der Waals surface area (Å²) in [5.41, 5.74) is 0. The third kappa shape index (κ3) is 41.6. The maximum atomic E-state index is 12.3. The lowest BCUT2D eigenvalue weighted by Gasteiger charge is -2.22. The molecule has 53 heavy (non-hydrogen) atoms. The van der Waals surface area contributed by atoms with E-state index in [9.17, 15) is 15.0 Å². The van der Waals surface area contributed by atoms with Crippen molar-refractivity contribution in [1.29, 1.82) is 0 Å². The third-order valence-electron chi connectivity index (χ3n) is 10.9. The van der Waals surface area contributed by atoms with Crippen LogP contribution in [0.5, 0.6) is 0 Å². The highest BCUT2D eigenvalue weighted by molar-refractivity contribution is 5.76. The molecule has 0 aromatic carbocycles. The standard InChI is InChI=1S/C49H93NO3/c1-3-5-7-9-11-12-13-14-15-16-17-18-19-20-21-22-23-24-25-26-27-28-29-30-31-32-33-34-35-36-37-38-39-41-43-45-49(53)50-47(46-51)48(52)44-42-40-10-8-6-4-2/h13-14,16-17,19-20,47-48,51-52H,3-12,15,18,21-46H2,1-2H3,(H,50,53)/b14-13-,17-16-,20-19-. The van der Waals surface area contributed by atoms with Crippen LogP contribution < -0.4 is 5.32 Å². The van der Waals surface area contributed by atoms with Gasteiger partial charge in [0, 0.05) is 6.42 Å². The van der Waals surface area contributed by atoms with Gasteiger partial charge in [-0.2, -0.15) is 0 Å². The SMILES string of the molecule is CCCCCCC/C=C\C/C=C\C/C=C\CCCCCCCCCCCCCCCCCCCCCCC(=O)NC(CO)C(O)CCCCCCCC. The molecule has 0 aliphatic carbocycles. The zero-order valence-corrected chi connectivity index (χ0v) is 35.8. The molecule has 0 aliphatic rings. The van der Waals surface area contributed by atoms with Crippen molar-refractivity contribution >= 4 is 5.91 Å². The van der Waals surface area contributed by atoms with Gasteiger partial charge in [0.1, 0.15) is 0 Å². The van der Waals surface area contributed by atoms with Crippen LogP contribution in [0.4, 0.5) is 0 Å². The number of aliphatic hydroxyl groups excluding tert-OH is 2. The Balaban J connectivity index is 3.35. The van der Waals surface area contributed by atoms with Gasteiger partial charge in [0.2, 0.25) is 5.91 Å². The Morgan fingerprint density at radius 1 is 0.453 bits per heavy atom. The summed E-state index contributed by atoms with van der Waals surface area (Å²) in [6, 6.07) is -0.530. The lowest BCUT2D eigenvalue weighted by atomic mass is 10.0. The van der Waals surface area contributed by atoms with Gasteiger partial charge in [0.15, 0.2) is 0 Å². The van der Waals surface area contributed by atoms with Crippen LogP contribution >= 0.6 is 0 Å². The lowest BCUT2D eigenvalue weighted by Crippen LogP contribution is -2.45. The van der Waals surface area contributed by atoms with Crippen molar-refractivity contribution in [3.63, 3.8) is 0 Å². The molecule has 0 rings (SSSR count). The van der Waals surface area contributed by atoms with E-state index in [1.807, 2.05) is 0 Å². The Morgan fingerprint density at radius 2 is 0.774 bits per heavy atom. The summed E-state index contributed by atoms with van der Waals surface area (Å²) in [4.78, 5) is 12.3. The Morgan fingerprint density at radius 3 is 1.15 bits per heavy atom. The first-order valence-corrected chi connectivity index (χ1v) is 23.7. The van der Waals surface area contributed by atoms with E-state index in [0.717, 1.165) is 38.5 Å². The van der Waals surface area contributed by atoms with Gasteiger partial charge in [0.05, 0.1) is 18.8 Å². The van der Waals surface area contributed by atoms with Gasteiger partial charge in [-0.25, -0.2) is 0 Å². The van der Waals surface area contributed by atoms with E-state index in [0.29, 0.717) is 12.8 Å². The topological polar surface area (TPSA) is 69.6 Å². The number of hydrogen-bond donors (Lipinski definition) is 3. The van der Waals surface area contributed by atoms with E-state index in [2.05, 4.69) is 55.6 Å². The van der Waals surface area contributed by atoms with Crippen molar-refractivity contribution in [1.82, 2.24) is 5.32 Å². The molecule has 0 spiro atoms. The molecule has 0 bridgehead atoms. The zero-order valence-electron chi connectivity index (χ0n) is 35.8. The molecule has 2 atom stereocenters. The first-order valence-electron chi connectivity index (χ1n) is 23.7. The number of carbonyl (C=O) groups excluding carboxylic acids is 1. The summed E-state index contributed by atoms with van der Waals surface area (Å²) in [5.74, 6) is -0.0345. The van der Waals surface area contributed by atoms with E-state index in [4.69, 9.17) is 0 Å². The van der Waals surface area contributed by atoms with E-state index >= 15 is 0 Å². The Kier molecular flexibility index (Phi) is 43.8. The zero-order chi connectivity index (χ0) is 38.6. The number of unbranched alkanes of at least 4 members (excludes halogenated alkanes) is 30. The fourth-order valence-electron chi connectivity index (χ4n) is 7.25. The summed E-state index contributed by atoms with van der Waals surface area (Å²) in [6.45, 7) is 4.29. The van der Waals surface area contributed by atoms with Crippen LogP contribution in [-0.2, 0) is 4.79 Å². The second-order valence-electron chi connectivity index (χ2n) is 16.2. The summed E-state index contributed by atoms with van der Waals surface area (Å²) in [5, 5.41) is 22.9. The van der Waals surface area contributed by atoms with E-state index in [1.54, 1.807) is 0 Å². The number of aliphatic hydroxyl groups is 2. The second kappa shape index (κ2) is 45.0. The molecule has 0 heterocycles. The van der Waals surface area contributed by atoms with Crippen LogP contribution in [0.1, 0.15) is 251 Å². The van der Waals surface area contributed by atoms with Crippen LogP contribution in [0.15, 0.2) is 36.5 Å². The summed E-state index contributed by atoms with van der Waals surface area (Å²) in [7, 11) is 0. The molecule has 0 radical (unpaired) electrons. The highest BCUT2D eigenvalue weighted by Crippen LogP contribution is 2.16. The Labute approximate surface area is 331 Å². The Hall–Kier alpha value is -1.39. The predicted octanol–water partition coefficient (Wildman–Crippen LogP) is 15.0. The molecule has 2 unspecified atom stereocenters. The van der Waals surface area contributed by atoms with Crippen molar-refractivity contribution < 1.29 is 15.0 Å². The molecule has 3 N–H and O–H groups in total. The normalized spacial score (nSPS) is 13.2. The molecule has 4 nitrogen and oxygen atoms in total. The van der Waals surface area contributed by atoms with E-state index < -0.39 is 12.1 Å². The molecule has 0 fully saturated rings. The second-order valence-corrected chi connectivity index (χ2v) is 16.2. The maximum Gasteiger partial charge on any atom is 0.220 e. The number of allylic oxidation sites excluding steroid dienone is 6. The molecule has 0 saturated heterocycles. The number of carbonyl (C=O) groups is 1. The van der Waals surface area contributed by atoms with Crippen molar-refractivity contribution in [2.45, 2.75) is 264 Å². The monoisotopic (exact) mass is 744 g/mol. The van der Waals surface area contributed by atoms with E-state index in [1.165, 1.54) is 186 Å². The van der Waals surface area contributed by atoms with Gasteiger partial charge in [0.25, 0.3) is 0 Å². The summed E-state index contributed by atoms with van der Waals surface area (Å²) >= 11 is 0. The third-order valence-corrected chi connectivity index (χ3v) is 10.9. The molecule has 312 valence electrons. The van der Waals surface area contributed by atoms with Gasteiger partial charge in [-0.3, -0.25) is 4.79 Å². The maximum absolute atomic E-state index is 12.3. The fraction of sp³-hybridized carbons (Fsp3) is 0.857. The van der Waals surface area contributed by atoms with Gasteiger partial charge in [-0.1, -0.05) is 230 Å². The molecule has 0 aromatic heterocycles. The summed E-state index contributed by atoms with van der Waals surface area (Å²) in [6.07, 6.45) is 59.9. The fourth-order valence-corrected chi connectivity index (χ4v) is 7.25. The van der Waals surface area contributed by atoms with Crippen LogP contribution in [-0.4, -0.2) is 34.9 Å². The van der Waals surface area contributed by atoms with Crippen molar-refractivity contribution in [3.05, 3.63) is 36.5 Å². The van der Waals surface area contributed by atoms with Crippen LogP contribution in [0, 0.1) is 0 Å². The van der Waals surface area contributed by atoms with Gasteiger partial charge < -0.3 is 15.5 Å². The predicted molar refractivity (Wildman–Crippen MR) is 235 cm³/mol. The number of rotatable bonds is 43. The largest absolute Gasteiger partial charge is 0.394 e. The highest BCUT2D eigenvalue weighted by Gasteiger charge is 2.20. The minimum atomic E-state index is -0.653. The molecule has 4 heteroatoms. The van der Waals surface area contributed by atoms with Crippen molar-refractivity contribution in [3.8, 4) is 0 Å². The van der Waals surface area contributed by atoms with Crippen LogP contribution in [0.25, 0.3) is 0 Å². The average molecular weight is 744 g/mol. The lowest BCUT2D eigenvalue weighted by molar-refractivity contribution is -0.123. The molecule has 0 aromatic rings. The molecule has 1 amide bonds. The van der Waals surface area contributed by atoms with Gasteiger partial charge in [-0.05, 0) is 51.4 Å². The average Bonchev–Trinajstić information content (AvgIpc) is 3.16.